The Kier molecular flexibility index (Phi) is 7.45. The summed E-state index contributed by atoms with van der Waals surface area (Å²) >= 11 is 0. The molecular formula is C22H30F3N5O2. The lowest BCUT2D eigenvalue weighted by molar-refractivity contribution is -0.271. The normalized spacial score (nSPS) is 17.2. The maximum atomic E-state index is 13.5. The minimum atomic E-state index is -5.03. The van der Waals surface area contributed by atoms with E-state index >= 15 is 0 Å². The van der Waals surface area contributed by atoms with Gasteiger partial charge >= 0.3 is 6.18 Å². The fraction of sp³-hybridized carbons (Fsp3) is 0.545. The minimum Gasteiger partial charge on any atom is -0.374 e. The van der Waals surface area contributed by atoms with Crippen LogP contribution in [0.25, 0.3) is 0 Å². The van der Waals surface area contributed by atoms with Crippen LogP contribution in [-0.4, -0.2) is 70.9 Å². The first-order valence-electron chi connectivity index (χ1n) is 10.7. The molecule has 0 radical (unpaired) electrons. The van der Waals surface area contributed by atoms with E-state index in [1.54, 1.807) is 0 Å². The predicted molar refractivity (Wildman–Crippen MR) is 115 cm³/mol. The average molecular weight is 454 g/mol. The Hall–Kier alpha value is -2.59. The highest BCUT2D eigenvalue weighted by atomic mass is 19.4. The number of nitrogens with one attached hydrogen (secondary N) is 1. The van der Waals surface area contributed by atoms with Crippen molar-refractivity contribution >= 4 is 11.6 Å². The number of hydrogen-bond donors (Lipinski definition) is 2. The molecule has 1 atom stereocenters. The molecule has 1 saturated heterocycles. The van der Waals surface area contributed by atoms with Gasteiger partial charge in [0, 0.05) is 57.9 Å². The van der Waals surface area contributed by atoms with Crippen LogP contribution in [0.5, 0.6) is 0 Å². The molecule has 2 aromatic rings. The van der Waals surface area contributed by atoms with Crippen molar-refractivity contribution in [3.63, 3.8) is 0 Å². The van der Waals surface area contributed by atoms with Gasteiger partial charge in [-0.25, -0.2) is 4.98 Å². The molecule has 1 aromatic carbocycles. The molecule has 3 rings (SSSR count). The van der Waals surface area contributed by atoms with Gasteiger partial charge in [-0.2, -0.15) is 13.2 Å². The van der Waals surface area contributed by atoms with Crippen LogP contribution >= 0.6 is 0 Å². The summed E-state index contributed by atoms with van der Waals surface area (Å²) < 4.78 is 41.6. The van der Waals surface area contributed by atoms with Crippen molar-refractivity contribution in [1.82, 2.24) is 19.8 Å². The summed E-state index contributed by atoms with van der Waals surface area (Å²) in [4.78, 5) is 20.4. The van der Waals surface area contributed by atoms with Crippen LogP contribution in [0.1, 0.15) is 24.2 Å². The summed E-state index contributed by atoms with van der Waals surface area (Å²) in [7, 11) is 1.34. The fourth-order valence-electron chi connectivity index (χ4n) is 3.95. The van der Waals surface area contributed by atoms with E-state index < -0.39 is 29.9 Å². The largest absolute Gasteiger partial charge is 0.425 e. The highest BCUT2D eigenvalue weighted by Crippen LogP contribution is 2.40. The molecule has 176 valence electrons. The number of halogens is 3. The second-order valence-electron chi connectivity index (χ2n) is 8.27. The maximum Gasteiger partial charge on any atom is 0.425 e. The zero-order chi connectivity index (χ0) is 23.4. The van der Waals surface area contributed by atoms with E-state index in [-0.39, 0.29) is 6.54 Å². The van der Waals surface area contributed by atoms with Gasteiger partial charge in [-0.1, -0.05) is 12.1 Å². The Morgan fingerprint density at radius 3 is 2.53 bits per heavy atom. The van der Waals surface area contributed by atoms with Gasteiger partial charge in [0.05, 0.1) is 6.42 Å². The zero-order valence-electron chi connectivity index (χ0n) is 18.4. The minimum absolute atomic E-state index is 0.241. The number of aromatic nitrogens is 2. The molecule has 7 nitrogen and oxygen atoms in total. The number of imidazole rings is 1. The lowest BCUT2D eigenvalue weighted by Crippen LogP contribution is -2.48. The first-order chi connectivity index (χ1) is 15.1. The lowest BCUT2D eigenvalue weighted by atomic mass is 9.97. The van der Waals surface area contributed by atoms with Gasteiger partial charge in [-0.3, -0.25) is 9.69 Å². The van der Waals surface area contributed by atoms with E-state index in [2.05, 4.69) is 45.2 Å². The first kappa shape index (κ1) is 24.1. The number of rotatable bonds is 8. The SMILES string of the molecule is Cc1cccc(N2CCN(CCCNC(=O)CC(O)(c3nccn3C)C(F)(F)F)CC2)c1. The van der Waals surface area contributed by atoms with E-state index in [4.69, 9.17) is 0 Å². The van der Waals surface area contributed by atoms with Gasteiger partial charge in [0.15, 0.2) is 5.82 Å². The van der Waals surface area contributed by atoms with Gasteiger partial charge in [0.25, 0.3) is 0 Å². The van der Waals surface area contributed by atoms with Crippen molar-refractivity contribution in [2.75, 3.05) is 44.2 Å². The van der Waals surface area contributed by atoms with Gasteiger partial charge in [-0.15, -0.1) is 0 Å². The zero-order valence-corrected chi connectivity index (χ0v) is 18.4. The molecule has 10 heteroatoms. The lowest BCUT2D eigenvalue weighted by Gasteiger charge is -2.36. The number of alkyl halides is 3. The summed E-state index contributed by atoms with van der Waals surface area (Å²) in [5.74, 6) is -1.47. The van der Waals surface area contributed by atoms with Crippen LogP contribution in [0.4, 0.5) is 18.9 Å². The first-order valence-corrected chi connectivity index (χ1v) is 10.7. The monoisotopic (exact) mass is 453 g/mol. The van der Waals surface area contributed by atoms with Crippen LogP contribution in [-0.2, 0) is 17.4 Å². The number of carbonyl (C=O) groups excluding carboxylic acids is 1. The number of amides is 1. The van der Waals surface area contributed by atoms with Crippen molar-refractivity contribution in [3.8, 4) is 0 Å². The number of benzene rings is 1. The van der Waals surface area contributed by atoms with Crippen molar-refractivity contribution in [2.24, 2.45) is 7.05 Å². The Morgan fingerprint density at radius 2 is 1.94 bits per heavy atom. The number of aliphatic hydroxyl groups is 1. The smallest absolute Gasteiger partial charge is 0.374 e. The van der Waals surface area contributed by atoms with Crippen LogP contribution in [0, 0.1) is 6.92 Å². The quantitative estimate of drug-likeness (QED) is 0.600. The average Bonchev–Trinajstić information content (AvgIpc) is 3.17. The van der Waals surface area contributed by atoms with E-state index in [1.807, 2.05) is 6.07 Å². The van der Waals surface area contributed by atoms with Gasteiger partial charge in [-0.05, 0) is 37.6 Å². The Morgan fingerprint density at radius 1 is 1.22 bits per heavy atom. The molecule has 2 N–H and O–H groups in total. The van der Waals surface area contributed by atoms with Crippen LogP contribution in [0.2, 0.25) is 0 Å². The second kappa shape index (κ2) is 9.91. The molecule has 0 spiro atoms. The van der Waals surface area contributed by atoms with Crippen LogP contribution in [0.3, 0.4) is 0 Å². The highest BCUT2D eigenvalue weighted by Gasteiger charge is 2.58. The summed E-state index contributed by atoms with van der Waals surface area (Å²) in [6.45, 7) is 6.62. The third kappa shape index (κ3) is 5.60. The Labute approximate surface area is 185 Å². The van der Waals surface area contributed by atoms with E-state index in [0.29, 0.717) is 6.42 Å². The van der Waals surface area contributed by atoms with E-state index in [1.165, 1.54) is 24.5 Å². The van der Waals surface area contributed by atoms with Gasteiger partial charge < -0.3 is 19.9 Å². The Bertz CT molecular complexity index is 909. The third-order valence-corrected chi connectivity index (χ3v) is 5.79. The number of anilines is 1. The summed E-state index contributed by atoms with van der Waals surface area (Å²) in [6.07, 6.45) is -3.09. The highest BCUT2D eigenvalue weighted by molar-refractivity contribution is 5.77. The van der Waals surface area contributed by atoms with E-state index in [9.17, 15) is 23.1 Å². The standard InChI is InChI=1S/C22H30F3N5O2/c1-17-5-3-6-18(15-17)30-13-11-29(12-14-30)9-4-7-26-19(31)16-21(32,22(23,24)25)20-27-8-10-28(20)2/h3,5-6,8,10,15,32H,4,7,9,11-14,16H2,1-2H3,(H,26,31). The van der Waals surface area contributed by atoms with Crippen LogP contribution in [0.15, 0.2) is 36.7 Å². The molecule has 0 bridgehead atoms. The molecule has 1 aliphatic heterocycles. The maximum absolute atomic E-state index is 13.5. The molecule has 1 aliphatic rings. The number of hydrogen-bond acceptors (Lipinski definition) is 5. The van der Waals surface area contributed by atoms with Gasteiger partial charge in [0.1, 0.15) is 0 Å². The predicted octanol–water partition coefficient (Wildman–Crippen LogP) is 2.20. The topological polar surface area (TPSA) is 73.6 Å². The summed E-state index contributed by atoms with van der Waals surface area (Å²) in [6, 6.07) is 8.39. The number of carbonyl (C=O) groups is 1. The molecule has 1 unspecified atom stereocenters. The van der Waals surface area contributed by atoms with E-state index in [0.717, 1.165) is 43.5 Å². The molecule has 2 heterocycles. The van der Waals surface area contributed by atoms with Crippen molar-refractivity contribution < 1.29 is 23.1 Å². The van der Waals surface area contributed by atoms with Crippen molar-refractivity contribution in [1.29, 1.82) is 0 Å². The molecule has 1 aromatic heterocycles. The molecular weight excluding hydrogens is 423 g/mol. The summed E-state index contributed by atoms with van der Waals surface area (Å²) in [5, 5.41) is 12.8. The molecule has 0 aliphatic carbocycles. The Balaban J connectivity index is 1.42. The number of piperazine rings is 1. The van der Waals surface area contributed by atoms with Crippen molar-refractivity contribution in [2.45, 2.75) is 31.5 Å². The number of aryl methyl sites for hydroxylation is 2. The van der Waals surface area contributed by atoms with Crippen LogP contribution < -0.4 is 10.2 Å². The molecule has 1 amide bonds. The second-order valence-corrected chi connectivity index (χ2v) is 8.27. The van der Waals surface area contributed by atoms with Crippen molar-refractivity contribution in [3.05, 3.63) is 48.0 Å². The summed E-state index contributed by atoms with van der Waals surface area (Å²) in [5.41, 5.74) is -0.899. The molecule has 1 fully saturated rings. The fourth-order valence-corrected chi connectivity index (χ4v) is 3.95. The third-order valence-electron chi connectivity index (χ3n) is 5.79. The van der Waals surface area contributed by atoms with Gasteiger partial charge in [0.2, 0.25) is 11.5 Å². The molecule has 32 heavy (non-hydrogen) atoms. The number of nitrogens with zero attached hydrogens (tertiary/aromatic N) is 4. The molecule has 0 saturated carbocycles.